The van der Waals surface area contributed by atoms with Crippen molar-refractivity contribution in [1.29, 1.82) is 0 Å². The first-order chi connectivity index (χ1) is 11.2. The fourth-order valence-electron chi connectivity index (χ4n) is 2.12. The van der Waals surface area contributed by atoms with Crippen molar-refractivity contribution in [3.8, 4) is 0 Å². The molecule has 0 aliphatic carbocycles. The van der Waals surface area contributed by atoms with E-state index in [9.17, 15) is 13.2 Å². The number of rotatable bonds is 5. The summed E-state index contributed by atoms with van der Waals surface area (Å²) in [5.74, 6) is -0.452. The lowest BCUT2D eigenvalue weighted by Gasteiger charge is -2.24. The smallest absolute Gasteiger partial charge is 0.245 e. The number of sulfonamides is 1. The van der Waals surface area contributed by atoms with Crippen LogP contribution in [0.4, 0.5) is 11.4 Å². The molecule has 0 saturated heterocycles. The van der Waals surface area contributed by atoms with Crippen LogP contribution in [0.1, 0.15) is 5.56 Å². The van der Waals surface area contributed by atoms with Crippen molar-refractivity contribution in [2.75, 3.05) is 22.4 Å². The van der Waals surface area contributed by atoms with Gasteiger partial charge in [0.2, 0.25) is 15.9 Å². The van der Waals surface area contributed by atoms with E-state index in [4.69, 9.17) is 11.6 Å². The van der Waals surface area contributed by atoms with Crippen molar-refractivity contribution < 1.29 is 13.2 Å². The van der Waals surface area contributed by atoms with Gasteiger partial charge in [0.25, 0.3) is 0 Å². The number of nitrogens with zero attached hydrogens (tertiary/aromatic N) is 1. The Labute approximate surface area is 154 Å². The molecular formula is C16H16BrClN2O3S. The van der Waals surface area contributed by atoms with Crippen LogP contribution >= 0.6 is 27.5 Å². The Bertz CT molecular complexity index is 871. The van der Waals surface area contributed by atoms with Gasteiger partial charge in [-0.2, -0.15) is 0 Å². The number of anilines is 2. The van der Waals surface area contributed by atoms with Crippen LogP contribution in [-0.2, 0) is 14.8 Å². The maximum absolute atomic E-state index is 12.3. The zero-order chi connectivity index (χ0) is 17.9. The van der Waals surface area contributed by atoms with Gasteiger partial charge in [-0.1, -0.05) is 29.8 Å². The van der Waals surface area contributed by atoms with E-state index in [0.717, 1.165) is 10.6 Å². The highest BCUT2D eigenvalue weighted by Crippen LogP contribution is 2.27. The number of para-hydroxylation sites is 1. The maximum atomic E-state index is 12.3. The molecule has 1 N–H and O–H groups in total. The number of benzene rings is 2. The lowest BCUT2D eigenvalue weighted by atomic mass is 10.2. The average molecular weight is 432 g/mol. The van der Waals surface area contributed by atoms with Gasteiger partial charge in [-0.05, 0) is 52.7 Å². The van der Waals surface area contributed by atoms with E-state index in [2.05, 4.69) is 21.2 Å². The van der Waals surface area contributed by atoms with E-state index in [1.54, 1.807) is 37.3 Å². The van der Waals surface area contributed by atoms with Gasteiger partial charge < -0.3 is 5.32 Å². The summed E-state index contributed by atoms with van der Waals surface area (Å²) in [7, 11) is -3.65. The van der Waals surface area contributed by atoms with Gasteiger partial charge >= 0.3 is 0 Å². The maximum Gasteiger partial charge on any atom is 0.245 e. The normalized spacial score (nSPS) is 11.2. The number of carbonyl (C=O) groups is 1. The van der Waals surface area contributed by atoms with Crippen LogP contribution < -0.4 is 9.62 Å². The summed E-state index contributed by atoms with van der Waals surface area (Å²) >= 11 is 9.30. The standard InChI is InChI=1S/C16H16BrClN2O3S/c1-11-7-8-12(18)9-15(11)20(24(2,22)23)10-16(21)19-14-6-4-3-5-13(14)17/h3-9H,10H2,1-2H3,(H,19,21). The molecule has 5 nitrogen and oxygen atoms in total. The Balaban J connectivity index is 2.29. The van der Waals surface area contributed by atoms with E-state index >= 15 is 0 Å². The highest BCUT2D eigenvalue weighted by molar-refractivity contribution is 9.10. The third-order valence-corrected chi connectivity index (χ3v) is 5.33. The second kappa shape index (κ2) is 7.55. The Hall–Kier alpha value is -1.57. The number of carbonyl (C=O) groups excluding carboxylic acids is 1. The Kier molecular flexibility index (Phi) is 5.90. The summed E-state index contributed by atoms with van der Waals surface area (Å²) in [6.45, 7) is 1.41. The summed E-state index contributed by atoms with van der Waals surface area (Å²) < 4.78 is 26.0. The van der Waals surface area contributed by atoms with Crippen LogP contribution in [0.3, 0.4) is 0 Å². The molecule has 0 atom stereocenters. The highest BCUT2D eigenvalue weighted by Gasteiger charge is 2.23. The van der Waals surface area contributed by atoms with Crippen LogP contribution in [0.15, 0.2) is 46.9 Å². The molecule has 0 aromatic heterocycles. The molecule has 0 spiro atoms. The molecule has 0 aliphatic heterocycles. The zero-order valence-electron chi connectivity index (χ0n) is 13.1. The van der Waals surface area contributed by atoms with Crippen molar-refractivity contribution in [3.63, 3.8) is 0 Å². The van der Waals surface area contributed by atoms with Crippen LogP contribution in [0.5, 0.6) is 0 Å². The lowest BCUT2D eigenvalue weighted by molar-refractivity contribution is -0.114. The molecule has 0 saturated carbocycles. The van der Waals surface area contributed by atoms with Gasteiger partial charge in [-0.25, -0.2) is 8.42 Å². The van der Waals surface area contributed by atoms with E-state index in [0.29, 0.717) is 26.4 Å². The summed E-state index contributed by atoms with van der Waals surface area (Å²) in [5, 5.41) is 3.09. The minimum atomic E-state index is -3.65. The number of halogens is 2. The molecule has 0 bridgehead atoms. The third kappa shape index (κ3) is 4.72. The van der Waals surface area contributed by atoms with Crippen molar-refractivity contribution in [2.24, 2.45) is 0 Å². The van der Waals surface area contributed by atoms with E-state index in [1.165, 1.54) is 6.07 Å². The van der Waals surface area contributed by atoms with Gasteiger partial charge in [0.15, 0.2) is 0 Å². The van der Waals surface area contributed by atoms with Crippen LogP contribution in [0.2, 0.25) is 5.02 Å². The predicted molar refractivity (Wildman–Crippen MR) is 101 cm³/mol. The molecule has 128 valence electrons. The summed E-state index contributed by atoms with van der Waals surface area (Å²) in [6.07, 6.45) is 1.05. The molecule has 0 aliphatic rings. The number of amides is 1. The Morgan fingerprint density at radius 1 is 1.25 bits per heavy atom. The molecule has 0 fully saturated rings. The number of nitrogens with one attached hydrogen (secondary N) is 1. The van der Waals surface area contributed by atoms with Crippen molar-refractivity contribution in [3.05, 3.63) is 57.5 Å². The van der Waals surface area contributed by atoms with Crippen molar-refractivity contribution >= 4 is 54.8 Å². The molecular weight excluding hydrogens is 416 g/mol. The Morgan fingerprint density at radius 2 is 1.92 bits per heavy atom. The summed E-state index contributed by atoms with van der Waals surface area (Å²) in [6, 6.07) is 12.0. The van der Waals surface area contributed by atoms with Crippen LogP contribution in [0, 0.1) is 6.92 Å². The fraction of sp³-hybridized carbons (Fsp3) is 0.188. The topological polar surface area (TPSA) is 66.5 Å². The minimum Gasteiger partial charge on any atom is -0.323 e. The van der Waals surface area contributed by atoms with Gasteiger partial charge in [-0.15, -0.1) is 0 Å². The lowest BCUT2D eigenvalue weighted by Crippen LogP contribution is -2.37. The van der Waals surface area contributed by atoms with Crippen LogP contribution in [0.25, 0.3) is 0 Å². The molecule has 24 heavy (non-hydrogen) atoms. The van der Waals surface area contributed by atoms with E-state index in [1.807, 2.05) is 6.07 Å². The van der Waals surface area contributed by atoms with Gasteiger partial charge in [0, 0.05) is 9.50 Å². The molecule has 0 radical (unpaired) electrons. The van der Waals surface area contributed by atoms with Crippen molar-refractivity contribution in [1.82, 2.24) is 0 Å². The quantitative estimate of drug-likeness (QED) is 0.783. The monoisotopic (exact) mass is 430 g/mol. The van der Waals surface area contributed by atoms with Gasteiger partial charge in [-0.3, -0.25) is 9.10 Å². The molecule has 8 heteroatoms. The fourth-order valence-corrected chi connectivity index (χ4v) is 3.57. The second-order valence-corrected chi connectivity index (χ2v) is 8.43. The van der Waals surface area contributed by atoms with Crippen molar-refractivity contribution in [2.45, 2.75) is 6.92 Å². The first kappa shape index (κ1) is 18.8. The van der Waals surface area contributed by atoms with E-state index in [-0.39, 0.29) is 6.54 Å². The van der Waals surface area contributed by atoms with E-state index < -0.39 is 15.9 Å². The number of aryl methyl sites for hydroxylation is 1. The largest absolute Gasteiger partial charge is 0.323 e. The zero-order valence-corrected chi connectivity index (χ0v) is 16.2. The molecule has 1 amide bonds. The third-order valence-electron chi connectivity index (χ3n) is 3.28. The first-order valence-electron chi connectivity index (χ1n) is 6.97. The SMILES string of the molecule is Cc1ccc(Cl)cc1N(CC(=O)Nc1ccccc1Br)S(C)(=O)=O. The number of hydrogen-bond acceptors (Lipinski definition) is 3. The van der Waals surface area contributed by atoms with Crippen LogP contribution in [-0.4, -0.2) is 27.1 Å². The Morgan fingerprint density at radius 3 is 2.54 bits per heavy atom. The molecule has 2 aromatic rings. The molecule has 0 heterocycles. The number of hydrogen-bond donors (Lipinski definition) is 1. The molecule has 0 unspecified atom stereocenters. The molecule has 2 aromatic carbocycles. The average Bonchev–Trinajstić information content (AvgIpc) is 2.49. The second-order valence-electron chi connectivity index (χ2n) is 5.23. The first-order valence-corrected chi connectivity index (χ1v) is 9.98. The van der Waals surface area contributed by atoms with Gasteiger partial charge in [0.1, 0.15) is 6.54 Å². The minimum absolute atomic E-state index is 0.346. The highest BCUT2D eigenvalue weighted by atomic mass is 79.9. The summed E-state index contributed by atoms with van der Waals surface area (Å²) in [4.78, 5) is 12.3. The van der Waals surface area contributed by atoms with Gasteiger partial charge in [0.05, 0.1) is 17.6 Å². The molecule has 2 rings (SSSR count). The predicted octanol–water partition coefficient (Wildman–Crippen LogP) is 3.82. The summed E-state index contributed by atoms with van der Waals surface area (Å²) in [5.41, 5.74) is 1.66.